The van der Waals surface area contributed by atoms with Crippen LogP contribution in [0.3, 0.4) is 0 Å². The molecule has 0 radical (unpaired) electrons. The van der Waals surface area contributed by atoms with E-state index in [1.807, 2.05) is 48.7 Å². The molecule has 146 valence electrons. The molecule has 2 rings (SSSR count). The second-order valence-corrected chi connectivity index (χ2v) is 7.81. The van der Waals surface area contributed by atoms with E-state index in [1.165, 1.54) is 5.56 Å². The molecule has 0 aliphatic rings. The van der Waals surface area contributed by atoms with Crippen LogP contribution in [0.4, 0.5) is 0 Å². The fourth-order valence-corrected chi connectivity index (χ4v) is 4.24. The molecule has 2 aromatic carbocycles. The first-order valence-electron chi connectivity index (χ1n) is 9.74. The van der Waals surface area contributed by atoms with E-state index in [0.29, 0.717) is 11.5 Å². The Labute approximate surface area is 168 Å². The highest BCUT2D eigenvalue weighted by atomic mass is 16.5. The monoisotopic (exact) mass is 376 g/mol. The fraction of sp³-hybridized carbons (Fsp3) is 0.417. The minimum atomic E-state index is -0.144. The van der Waals surface area contributed by atoms with E-state index in [0.717, 1.165) is 31.2 Å². The highest BCUT2D eigenvalue weighted by Crippen LogP contribution is 2.46. The van der Waals surface area contributed by atoms with Crippen LogP contribution in [-0.4, -0.2) is 0 Å². The lowest BCUT2D eigenvalue weighted by atomic mass is 9.64. The summed E-state index contributed by atoms with van der Waals surface area (Å²) < 4.78 is 10.2. The number of rotatable bonds is 9. The van der Waals surface area contributed by atoms with E-state index in [-0.39, 0.29) is 10.8 Å². The SMILES string of the molecule is CCCC(C)(CC(C)(CC)c1ccc(OC#N)cc1)c1ccccc1OC#N. The number of hydrogen-bond acceptors (Lipinski definition) is 4. The highest BCUT2D eigenvalue weighted by molar-refractivity contribution is 5.41. The van der Waals surface area contributed by atoms with Gasteiger partial charge in [-0.3, -0.25) is 0 Å². The van der Waals surface area contributed by atoms with Crippen LogP contribution in [0.25, 0.3) is 0 Å². The number of ether oxygens (including phenoxy) is 2. The smallest absolute Gasteiger partial charge is 0.292 e. The highest BCUT2D eigenvalue weighted by Gasteiger charge is 2.38. The van der Waals surface area contributed by atoms with E-state index in [2.05, 4.69) is 33.8 Å². The van der Waals surface area contributed by atoms with Crippen molar-refractivity contribution >= 4 is 0 Å². The van der Waals surface area contributed by atoms with Crippen LogP contribution in [0.5, 0.6) is 11.5 Å². The quantitative estimate of drug-likeness (QED) is 0.487. The molecule has 0 spiro atoms. The van der Waals surface area contributed by atoms with E-state index in [4.69, 9.17) is 20.0 Å². The second kappa shape index (κ2) is 9.29. The number of hydrogen-bond donors (Lipinski definition) is 0. The van der Waals surface area contributed by atoms with Crippen LogP contribution >= 0.6 is 0 Å². The minimum Gasteiger partial charge on any atom is -0.388 e. The maximum Gasteiger partial charge on any atom is 0.292 e. The molecule has 0 fully saturated rings. The Hall–Kier alpha value is -2.98. The molecule has 4 nitrogen and oxygen atoms in total. The van der Waals surface area contributed by atoms with Gasteiger partial charge in [-0.25, -0.2) is 0 Å². The summed E-state index contributed by atoms with van der Waals surface area (Å²) in [7, 11) is 0. The van der Waals surface area contributed by atoms with Crippen LogP contribution in [0, 0.1) is 23.0 Å². The molecule has 0 N–H and O–H groups in total. The van der Waals surface area contributed by atoms with Crippen LogP contribution in [-0.2, 0) is 10.8 Å². The maximum atomic E-state index is 9.06. The van der Waals surface area contributed by atoms with Crippen molar-refractivity contribution in [2.45, 2.75) is 64.2 Å². The van der Waals surface area contributed by atoms with Gasteiger partial charge in [-0.15, -0.1) is 10.5 Å². The van der Waals surface area contributed by atoms with Crippen molar-refractivity contribution in [3.05, 3.63) is 59.7 Å². The van der Waals surface area contributed by atoms with E-state index < -0.39 is 0 Å². The summed E-state index contributed by atoms with van der Waals surface area (Å²) in [5.74, 6) is 1.19. The molecule has 0 saturated heterocycles. The molecule has 0 aliphatic carbocycles. The molecule has 28 heavy (non-hydrogen) atoms. The Balaban J connectivity index is 2.45. The van der Waals surface area contributed by atoms with Crippen LogP contribution in [0.1, 0.15) is 64.5 Å². The molecule has 0 heterocycles. The first-order valence-corrected chi connectivity index (χ1v) is 9.74. The molecule has 0 bridgehead atoms. The maximum absolute atomic E-state index is 9.06. The Morgan fingerprint density at radius 2 is 1.50 bits per heavy atom. The molecule has 4 heteroatoms. The van der Waals surface area contributed by atoms with Gasteiger partial charge in [-0.05, 0) is 53.9 Å². The van der Waals surface area contributed by atoms with Gasteiger partial charge in [-0.1, -0.05) is 64.4 Å². The number of nitriles is 2. The Morgan fingerprint density at radius 3 is 2.07 bits per heavy atom. The van der Waals surface area contributed by atoms with Gasteiger partial charge in [0.05, 0.1) is 0 Å². The molecule has 2 atom stereocenters. The van der Waals surface area contributed by atoms with Gasteiger partial charge in [0.1, 0.15) is 11.5 Å². The van der Waals surface area contributed by atoms with E-state index >= 15 is 0 Å². The van der Waals surface area contributed by atoms with Crippen molar-refractivity contribution < 1.29 is 9.47 Å². The van der Waals surface area contributed by atoms with Crippen molar-refractivity contribution in [1.82, 2.24) is 0 Å². The zero-order valence-electron chi connectivity index (χ0n) is 17.2. The zero-order valence-corrected chi connectivity index (χ0v) is 17.2. The molecule has 2 aromatic rings. The van der Waals surface area contributed by atoms with Crippen molar-refractivity contribution in [2.24, 2.45) is 0 Å². The summed E-state index contributed by atoms with van der Waals surface area (Å²) >= 11 is 0. The Kier molecular flexibility index (Phi) is 7.07. The van der Waals surface area contributed by atoms with Crippen molar-refractivity contribution in [1.29, 1.82) is 10.5 Å². The average molecular weight is 377 g/mol. The lowest BCUT2D eigenvalue weighted by Crippen LogP contribution is -2.34. The second-order valence-electron chi connectivity index (χ2n) is 7.81. The van der Waals surface area contributed by atoms with E-state index in [9.17, 15) is 0 Å². The van der Waals surface area contributed by atoms with E-state index in [1.54, 1.807) is 6.26 Å². The largest absolute Gasteiger partial charge is 0.388 e. The van der Waals surface area contributed by atoms with Gasteiger partial charge in [-0.2, -0.15) is 0 Å². The van der Waals surface area contributed by atoms with Gasteiger partial charge in [0.2, 0.25) is 0 Å². The van der Waals surface area contributed by atoms with Gasteiger partial charge >= 0.3 is 0 Å². The Morgan fingerprint density at radius 1 is 0.857 bits per heavy atom. The van der Waals surface area contributed by atoms with Gasteiger partial charge in [0.25, 0.3) is 12.5 Å². The van der Waals surface area contributed by atoms with Gasteiger partial charge in [0, 0.05) is 5.56 Å². The minimum absolute atomic E-state index is 0.0746. The zero-order chi connectivity index (χ0) is 20.6. The summed E-state index contributed by atoms with van der Waals surface area (Å²) in [6.07, 6.45) is 7.44. The lowest BCUT2D eigenvalue weighted by molar-refractivity contribution is 0.276. The van der Waals surface area contributed by atoms with Crippen molar-refractivity contribution in [3.63, 3.8) is 0 Å². The van der Waals surface area contributed by atoms with Gasteiger partial charge < -0.3 is 9.47 Å². The first-order chi connectivity index (χ1) is 13.4. The number of para-hydroxylation sites is 1. The molecule has 0 aromatic heterocycles. The molecule has 0 amide bonds. The topological polar surface area (TPSA) is 66.0 Å². The summed E-state index contributed by atoms with van der Waals surface area (Å²) in [6.45, 7) is 8.92. The van der Waals surface area contributed by atoms with Crippen molar-refractivity contribution in [3.8, 4) is 24.0 Å². The van der Waals surface area contributed by atoms with Crippen molar-refractivity contribution in [2.75, 3.05) is 0 Å². The lowest BCUT2D eigenvalue weighted by Gasteiger charge is -2.40. The predicted molar refractivity (Wildman–Crippen MR) is 110 cm³/mol. The van der Waals surface area contributed by atoms with Crippen LogP contribution < -0.4 is 9.47 Å². The predicted octanol–water partition coefficient (Wildman–Crippen LogP) is 6.22. The molecule has 0 aliphatic heterocycles. The summed E-state index contributed by atoms with van der Waals surface area (Å²) in [5, 5.41) is 17.8. The summed E-state index contributed by atoms with van der Waals surface area (Å²) in [6, 6.07) is 15.6. The Bertz CT molecular complexity index is 863. The van der Waals surface area contributed by atoms with Crippen LogP contribution in [0.2, 0.25) is 0 Å². The summed E-state index contributed by atoms with van der Waals surface area (Å²) in [4.78, 5) is 0. The fourth-order valence-electron chi connectivity index (χ4n) is 4.24. The molecular weight excluding hydrogens is 348 g/mol. The summed E-state index contributed by atoms with van der Waals surface area (Å²) in [5.41, 5.74) is 2.06. The van der Waals surface area contributed by atoms with Gasteiger partial charge in [0.15, 0.2) is 0 Å². The molecular formula is C24H28N2O2. The third-order valence-corrected chi connectivity index (χ3v) is 5.77. The molecule has 2 unspecified atom stereocenters. The standard InChI is InChI=1S/C24H28N2O2/c1-5-15-24(4,21-9-7-8-10-22(21)28-18-26)16-23(3,6-2)19-11-13-20(14-12-19)27-17-25/h7-14H,5-6,15-16H2,1-4H3. The average Bonchev–Trinajstić information content (AvgIpc) is 2.69. The van der Waals surface area contributed by atoms with Crippen LogP contribution in [0.15, 0.2) is 48.5 Å². The molecule has 0 saturated carbocycles. The normalized spacial score (nSPS) is 14.8. The third-order valence-electron chi connectivity index (χ3n) is 5.77. The first kappa shape index (κ1) is 21.3. The number of benzene rings is 2. The third kappa shape index (κ3) is 4.65. The number of nitrogens with zero attached hydrogens (tertiary/aromatic N) is 2.